The van der Waals surface area contributed by atoms with Gasteiger partial charge in [-0.3, -0.25) is 0 Å². The zero-order valence-corrected chi connectivity index (χ0v) is 6.78. The molecule has 0 spiro atoms. The fourth-order valence-electron chi connectivity index (χ4n) is 0.676. The Kier molecular flexibility index (Phi) is 2.68. The van der Waals surface area contributed by atoms with Crippen molar-refractivity contribution in [3.8, 4) is 0 Å². The molecule has 0 aromatic heterocycles. The SMILES string of the molecule is O/N=C/C1=NOC(CBr)C1. The van der Waals surface area contributed by atoms with Crippen LogP contribution >= 0.6 is 15.9 Å². The molecule has 0 radical (unpaired) electrons. The molecule has 5 heteroatoms. The number of rotatable bonds is 2. The number of halogens is 1. The molecule has 0 fully saturated rings. The second-order valence-electron chi connectivity index (χ2n) is 1.91. The second kappa shape index (κ2) is 3.55. The van der Waals surface area contributed by atoms with Crippen molar-refractivity contribution in [2.75, 3.05) is 5.33 Å². The molecular formula is C5H7BrN2O2. The van der Waals surface area contributed by atoms with Crippen LogP contribution in [0.25, 0.3) is 0 Å². The van der Waals surface area contributed by atoms with E-state index in [0.29, 0.717) is 12.1 Å². The largest absolute Gasteiger partial charge is 0.411 e. The van der Waals surface area contributed by atoms with Crippen LogP contribution in [0.4, 0.5) is 0 Å². The molecule has 0 aromatic carbocycles. The summed E-state index contributed by atoms with van der Waals surface area (Å²) in [5, 5.41) is 15.3. The summed E-state index contributed by atoms with van der Waals surface area (Å²) in [6.45, 7) is 0. The maximum atomic E-state index is 8.11. The first-order valence-electron chi connectivity index (χ1n) is 2.83. The minimum Gasteiger partial charge on any atom is -0.411 e. The first kappa shape index (κ1) is 7.53. The molecule has 0 saturated heterocycles. The van der Waals surface area contributed by atoms with Crippen LogP contribution in [0.3, 0.4) is 0 Å². The lowest BCUT2D eigenvalue weighted by Gasteiger charge is -1.99. The molecule has 0 amide bonds. The first-order chi connectivity index (χ1) is 4.86. The van der Waals surface area contributed by atoms with Crippen LogP contribution in [0.15, 0.2) is 10.3 Å². The highest BCUT2D eigenvalue weighted by Crippen LogP contribution is 2.10. The Hall–Kier alpha value is -0.580. The van der Waals surface area contributed by atoms with Gasteiger partial charge in [0.15, 0.2) is 0 Å². The highest BCUT2D eigenvalue weighted by Gasteiger charge is 2.17. The fraction of sp³-hybridized carbons (Fsp3) is 0.600. The van der Waals surface area contributed by atoms with Crippen molar-refractivity contribution < 1.29 is 10.0 Å². The normalized spacial score (nSPS) is 24.9. The molecule has 1 aliphatic heterocycles. The summed E-state index contributed by atoms with van der Waals surface area (Å²) in [7, 11) is 0. The highest BCUT2D eigenvalue weighted by atomic mass is 79.9. The van der Waals surface area contributed by atoms with Crippen molar-refractivity contribution in [1.82, 2.24) is 0 Å². The van der Waals surface area contributed by atoms with Crippen LogP contribution in [-0.4, -0.2) is 28.6 Å². The van der Waals surface area contributed by atoms with Crippen LogP contribution < -0.4 is 0 Å². The van der Waals surface area contributed by atoms with Gasteiger partial charge < -0.3 is 10.0 Å². The lowest BCUT2D eigenvalue weighted by molar-refractivity contribution is 0.104. The predicted octanol–water partition coefficient (Wildman–Crippen LogP) is 0.986. The second-order valence-corrected chi connectivity index (χ2v) is 2.56. The molecule has 1 atom stereocenters. The van der Waals surface area contributed by atoms with E-state index in [4.69, 9.17) is 10.0 Å². The third kappa shape index (κ3) is 1.70. The zero-order chi connectivity index (χ0) is 7.40. The van der Waals surface area contributed by atoms with Gasteiger partial charge in [-0.15, -0.1) is 0 Å². The maximum absolute atomic E-state index is 8.11. The summed E-state index contributed by atoms with van der Waals surface area (Å²) in [5.41, 5.74) is 0.673. The van der Waals surface area contributed by atoms with Gasteiger partial charge in [-0.1, -0.05) is 26.2 Å². The van der Waals surface area contributed by atoms with Gasteiger partial charge in [-0.25, -0.2) is 0 Å². The van der Waals surface area contributed by atoms with Crippen molar-refractivity contribution >= 4 is 27.9 Å². The summed E-state index contributed by atoms with van der Waals surface area (Å²) < 4.78 is 0. The molecule has 0 bridgehead atoms. The van der Waals surface area contributed by atoms with Gasteiger partial charge in [0.25, 0.3) is 0 Å². The van der Waals surface area contributed by atoms with E-state index in [-0.39, 0.29) is 6.10 Å². The van der Waals surface area contributed by atoms with Gasteiger partial charge in [-0.05, 0) is 0 Å². The van der Waals surface area contributed by atoms with E-state index in [1.54, 1.807) is 0 Å². The van der Waals surface area contributed by atoms with E-state index >= 15 is 0 Å². The molecule has 0 aromatic rings. The van der Waals surface area contributed by atoms with Gasteiger partial charge in [0, 0.05) is 11.8 Å². The van der Waals surface area contributed by atoms with E-state index in [1.165, 1.54) is 6.21 Å². The third-order valence-corrected chi connectivity index (χ3v) is 1.86. The van der Waals surface area contributed by atoms with E-state index in [0.717, 1.165) is 5.33 Å². The van der Waals surface area contributed by atoms with Gasteiger partial charge in [0.2, 0.25) is 0 Å². The highest BCUT2D eigenvalue weighted by molar-refractivity contribution is 9.09. The predicted molar refractivity (Wildman–Crippen MR) is 41.0 cm³/mol. The molecular weight excluding hydrogens is 200 g/mol. The minimum atomic E-state index is 0.0907. The van der Waals surface area contributed by atoms with Crippen LogP contribution in [0, 0.1) is 0 Å². The van der Waals surface area contributed by atoms with Crippen molar-refractivity contribution in [3.05, 3.63) is 0 Å². The lowest BCUT2D eigenvalue weighted by Crippen LogP contribution is -2.09. The number of hydrogen-bond acceptors (Lipinski definition) is 4. The Balaban J connectivity index is 2.39. The summed E-state index contributed by atoms with van der Waals surface area (Å²) >= 11 is 3.25. The Labute approximate surface area is 66.7 Å². The van der Waals surface area contributed by atoms with E-state index < -0.39 is 0 Å². The fourth-order valence-corrected chi connectivity index (χ4v) is 1.02. The van der Waals surface area contributed by atoms with E-state index in [1.807, 2.05) is 0 Å². The molecule has 0 aliphatic carbocycles. The average Bonchev–Trinajstić information content (AvgIpc) is 2.37. The Morgan fingerprint density at radius 2 is 2.80 bits per heavy atom. The smallest absolute Gasteiger partial charge is 0.142 e. The molecule has 1 aliphatic rings. The van der Waals surface area contributed by atoms with Crippen LogP contribution in [0.5, 0.6) is 0 Å². The molecule has 10 heavy (non-hydrogen) atoms. The van der Waals surface area contributed by atoms with Crippen LogP contribution in [0.1, 0.15) is 6.42 Å². The van der Waals surface area contributed by atoms with Crippen molar-refractivity contribution in [2.45, 2.75) is 12.5 Å². The Morgan fingerprint density at radius 3 is 3.30 bits per heavy atom. The topological polar surface area (TPSA) is 54.2 Å². The van der Waals surface area contributed by atoms with Gasteiger partial charge in [0.1, 0.15) is 11.8 Å². The molecule has 0 saturated carbocycles. The number of alkyl halides is 1. The van der Waals surface area contributed by atoms with Crippen molar-refractivity contribution in [1.29, 1.82) is 0 Å². The Bertz CT molecular complexity index is 169. The molecule has 4 nitrogen and oxygen atoms in total. The van der Waals surface area contributed by atoms with E-state index in [2.05, 4.69) is 26.2 Å². The molecule has 1 N–H and O–H groups in total. The van der Waals surface area contributed by atoms with Crippen molar-refractivity contribution in [2.24, 2.45) is 10.3 Å². The van der Waals surface area contributed by atoms with Gasteiger partial charge in [0.05, 0.1) is 6.21 Å². The monoisotopic (exact) mass is 206 g/mol. The van der Waals surface area contributed by atoms with Crippen molar-refractivity contribution in [3.63, 3.8) is 0 Å². The average molecular weight is 207 g/mol. The summed E-state index contributed by atoms with van der Waals surface area (Å²) in [6.07, 6.45) is 2.07. The maximum Gasteiger partial charge on any atom is 0.142 e. The van der Waals surface area contributed by atoms with E-state index in [9.17, 15) is 0 Å². The lowest BCUT2D eigenvalue weighted by atomic mass is 10.2. The molecule has 1 unspecified atom stereocenters. The quantitative estimate of drug-likeness (QED) is 0.317. The summed E-state index contributed by atoms with van der Waals surface area (Å²) in [5.74, 6) is 0. The Morgan fingerprint density at radius 1 is 2.00 bits per heavy atom. The standard InChI is InChI=1S/C5H7BrN2O2/c6-2-5-1-4(3-7-9)8-10-5/h3,5,9H,1-2H2/b7-3+. The minimum absolute atomic E-state index is 0.0907. The number of oxime groups is 2. The number of hydrogen-bond donors (Lipinski definition) is 1. The summed E-state index contributed by atoms with van der Waals surface area (Å²) in [6, 6.07) is 0. The molecule has 1 rings (SSSR count). The third-order valence-electron chi connectivity index (χ3n) is 1.13. The molecule has 56 valence electrons. The van der Waals surface area contributed by atoms with Crippen LogP contribution in [0.2, 0.25) is 0 Å². The number of nitrogens with zero attached hydrogens (tertiary/aromatic N) is 2. The molecule has 1 heterocycles. The first-order valence-corrected chi connectivity index (χ1v) is 3.95. The summed E-state index contributed by atoms with van der Waals surface area (Å²) in [4.78, 5) is 4.91. The zero-order valence-electron chi connectivity index (χ0n) is 5.20. The van der Waals surface area contributed by atoms with Crippen LogP contribution in [-0.2, 0) is 4.84 Å². The van der Waals surface area contributed by atoms with Gasteiger partial charge >= 0.3 is 0 Å². The van der Waals surface area contributed by atoms with Gasteiger partial charge in [-0.2, -0.15) is 0 Å².